The minimum Gasteiger partial charge on any atom is -0.502 e. The van der Waals surface area contributed by atoms with Crippen LogP contribution in [0, 0.1) is 5.92 Å². The van der Waals surface area contributed by atoms with Crippen molar-refractivity contribution in [2.45, 2.75) is 12.8 Å². The van der Waals surface area contributed by atoms with Crippen LogP contribution < -0.4 is 0 Å². The van der Waals surface area contributed by atoms with Crippen LogP contribution in [0.3, 0.4) is 0 Å². The van der Waals surface area contributed by atoms with Crippen molar-refractivity contribution in [2.75, 3.05) is 18.1 Å². The van der Waals surface area contributed by atoms with Gasteiger partial charge in [-0.25, -0.2) is 8.42 Å². The molecular formula is C8H14O3S. The first-order valence-corrected chi connectivity index (χ1v) is 5.89. The molecule has 1 heterocycles. The van der Waals surface area contributed by atoms with Gasteiger partial charge >= 0.3 is 0 Å². The number of sulfone groups is 1. The van der Waals surface area contributed by atoms with E-state index in [1.807, 2.05) is 0 Å². The maximum Gasteiger partial charge on any atom is 0.150 e. The second-order valence-electron chi connectivity index (χ2n) is 3.10. The minimum atomic E-state index is -2.71. The van der Waals surface area contributed by atoms with E-state index in [2.05, 4.69) is 6.58 Å². The average Bonchev–Trinajstić information content (AvgIpc) is 2.31. The summed E-state index contributed by atoms with van der Waals surface area (Å²) in [6, 6.07) is 0. The van der Waals surface area contributed by atoms with Gasteiger partial charge in [0.15, 0.2) is 9.84 Å². The highest BCUT2D eigenvalue weighted by atomic mass is 32.2. The quantitative estimate of drug-likeness (QED) is 0.490. The predicted molar refractivity (Wildman–Crippen MR) is 47.5 cm³/mol. The van der Waals surface area contributed by atoms with Gasteiger partial charge in [-0.15, -0.1) is 0 Å². The number of ether oxygens (including phenoxy) is 1. The lowest BCUT2D eigenvalue weighted by Crippen LogP contribution is -2.06. The molecule has 1 rings (SSSR count). The van der Waals surface area contributed by atoms with Crippen LogP contribution in [-0.4, -0.2) is 26.5 Å². The van der Waals surface area contributed by atoms with E-state index in [1.54, 1.807) is 0 Å². The lowest BCUT2D eigenvalue weighted by Gasteiger charge is -2.05. The maximum atomic E-state index is 11.0. The van der Waals surface area contributed by atoms with Crippen molar-refractivity contribution in [3.05, 3.63) is 12.8 Å². The van der Waals surface area contributed by atoms with Gasteiger partial charge in [-0.2, -0.15) is 0 Å². The van der Waals surface area contributed by atoms with E-state index in [9.17, 15) is 8.42 Å². The van der Waals surface area contributed by atoms with Crippen LogP contribution in [0.4, 0.5) is 0 Å². The Hall–Kier alpha value is -0.510. The van der Waals surface area contributed by atoms with Gasteiger partial charge < -0.3 is 4.74 Å². The first-order valence-electron chi connectivity index (χ1n) is 4.07. The van der Waals surface area contributed by atoms with Crippen molar-refractivity contribution >= 4 is 9.84 Å². The average molecular weight is 190 g/mol. The van der Waals surface area contributed by atoms with Crippen LogP contribution in [0.1, 0.15) is 12.8 Å². The molecule has 0 saturated carbocycles. The van der Waals surface area contributed by atoms with E-state index in [0.29, 0.717) is 24.0 Å². The molecule has 0 aromatic heterocycles. The highest BCUT2D eigenvalue weighted by Gasteiger charge is 2.27. The number of rotatable bonds is 4. The van der Waals surface area contributed by atoms with E-state index in [1.165, 1.54) is 6.26 Å². The molecule has 3 nitrogen and oxygen atoms in total. The van der Waals surface area contributed by atoms with Crippen molar-refractivity contribution in [3.63, 3.8) is 0 Å². The number of hydrogen-bond donors (Lipinski definition) is 0. The molecule has 0 aromatic carbocycles. The lowest BCUT2D eigenvalue weighted by molar-refractivity contribution is 0.227. The molecular weight excluding hydrogens is 176 g/mol. The van der Waals surface area contributed by atoms with Crippen molar-refractivity contribution in [1.29, 1.82) is 0 Å². The van der Waals surface area contributed by atoms with Crippen molar-refractivity contribution in [2.24, 2.45) is 5.92 Å². The van der Waals surface area contributed by atoms with Crippen molar-refractivity contribution < 1.29 is 13.2 Å². The summed E-state index contributed by atoms with van der Waals surface area (Å²) in [6.07, 6.45) is 3.01. The Morgan fingerprint density at radius 2 is 2.33 bits per heavy atom. The highest BCUT2D eigenvalue weighted by Crippen LogP contribution is 2.21. The molecule has 4 heteroatoms. The van der Waals surface area contributed by atoms with Crippen LogP contribution in [0.5, 0.6) is 0 Å². The molecule has 1 saturated heterocycles. The zero-order valence-corrected chi connectivity index (χ0v) is 7.85. The largest absolute Gasteiger partial charge is 0.502 e. The third kappa shape index (κ3) is 2.85. The van der Waals surface area contributed by atoms with Crippen molar-refractivity contribution in [3.8, 4) is 0 Å². The molecule has 12 heavy (non-hydrogen) atoms. The summed E-state index contributed by atoms with van der Waals surface area (Å²) in [7, 11) is -2.71. The Morgan fingerprint density at radius 3 is 2.83 bits per heavy atom. The van der Waals surface area contributed by atoms with Gasteiger partial charge in [-0.05, 0) is 18.8 Å². The Kier molecular flexibility index (Phi) is 3.14. The molecule has 1 atom stereocenters. The van der Waals surface area contributed by atoms with Gasteiger partial charge in [-0.3, -0.25) is 0 Å². The van der Waals surface area contributed by atoms with Gasteiger partial charge in [0.25, 0.3) is 0 Å². The first-order chi connectivity index (χ1) is 5.64. The standard InChI is InChI=1S/C8H14O3S/c1-2-11-5-3-8-4-6-12(9,10)7-8/h2,8H,1,3-7H2. The van der Waals surface area contributed by atoms with Crippen LogP contribution in [0.25, 0.3) is 0 Å². The summed E-state index contributed by atoms with van der Waals surface area (Å²) in [6.45, 7) is 4.00. The molecule has 1 fully saturated rings. The normalized spacial score (nSPS) is 26.8. The van der Waals surface area contributed by atoms with Crippen LogP contribution in [0.15, 0.2) is 12.8 Å². The van der Waals surface area contributed by atoms with E-state index in [-0.39, 0.29) is 0 Å². The molecule has 0 radical (unpaired) electrons. The van der Waals surface area contributed by atoms with Gasteiger partial charge in [0, 0.05) is 0 Å². The van der Waals surface area contributed by atoms with Gasteiger partial charge in [0.2, 0.25) is 0 Å². The van der Waals surface area contributed by atoms with Crippen LogP contribution in [-0.2, 0) is 14.6 Å². The first kappa shape index (κ1) is 9.58. The minimum absolute atomic E-state index is 0.301. The maximum absolute atomic E-state index is 11.0. The van der Waals surface area contributed by atoms with E-state index >= 15 is 0 Å². The second kappa shape index (κ2) is 3.94. The molecule has 0 amide bonds. The molecule has 1 unspecified atom stereocenters. The fourth-order valence-electron chi connectivity index (χ4n) is 1.42. The third-order valence-electron chi connectivity index (χ3n) is 2.09. The van der Waals surface area contributed by atoms with Gasteiger partial charge in [-0.1, -0.05) is 6.58 Å². The van der Waals surface area contributed by atoms with E-state index < -0.39 is 9.84 Å². The second-order valence-corrected chi connectivity index (χ2v) is 5.32. The molecule has 1 aliphatic rings. The van der Waals surface area contributed by atoms with Gasteiger partial charge in [0.1, 0.15) is 0 Å². The third-order valence-corrected chi connectivity index (χ3v) is 3.93. The van der Waals surface area contributed by atoms with E-state index in [0.717, 1.165) is 12.8 Å². The van der Waals surface area contributed by atoms with Gasteiger partial charge in [0.05, 0.1) is 24.4 Å². The zero-order chi connectivity index (χ0) is 9.03. The summed E-state index contributed by atoms with van der Waals surface area (Å²) < 4.78 is 27.0. The van der Waals surface area contributed by atoms with E-state index in [4.69, 9.17) is 4.74 Å². The summed E-state index contributed by atoms with van der Waals surface area (Å²) >= 11 is 0. The highest BCUT2D eigenvalue weighted by molar-refractivity contribution is 7.91. The Balaban J connectivity index is 2.24. The van der Waals surface area contributed by atoms with Crippen LogP contribution in [0.2, 0.25) is 0 Å². The van der Waals surface area contributed by atoms with Crippen LogP contribution >= 0.6 is 0 Å². The number of hydrogen-bond acceptors (Lipinski definition) is 3. The molecule has 70 valence electrons. The topological polar surface area (TPSA) is 43.4 Å². The SMILES string of the molecule is C=COCCC1CCS(=O)(=O)C1. The summed E-state index contributed by atoms with van der Waals surface area (Å²) in [5, 5.41) is 0. The fourth-order valence-corrected chi connectivity index (χ4v) is 3.33. The molecule has 0 N–H and O–H groups in total. The fraction of sp³-hybridized carbons (Fsp3) is 0.750. The molecule has 1 aliphatic heterocycles. The summed E-state index contributed by atoms with van der Waals surface area (Å²) in [4.78, 5) is 0. The smallest absolute Gasteiger partial charge is 0.150 e. The Labute approximate surface area is 73.3 Å². The molecule has 0 bridgehead atoms. The van der Waals surface area contributed by atoms with Crippen molar-refractivity contribution in [1.82, 2.24) is 0 Å². The molecule has 0 aromatic rings. The Bertz CT molecular complexity index is 243. The summed E-state index contributed by atoms with van der Waals surface area (Å²) in [5.74, 6) is 0.995. The zero-order valence-electron chi connectivity index (χ0n) is 7.03. The summed E-state index contributed by atoms with van der Waals surface area (Å²) in [5.41, 5.74) is 0. The monoisotopic (exact) mass is 190 g/mol. The predicted octanol–water partition coefficient (Wildman–Crippen LogP) is 0.971. The lowest BCUT2D eigenvalue weighted by atomic mass is 10.1. The Morgan fingerprint density at radius 1 is 1.58 bits per heavy atom. The molecule has 0 aliphatic carbocycles. The molecule has 0 spiro atoms.